The van der Waals surface area contributed by atoms with Crippen molar-refractivity contribution in [3.8, 4) is 0 Å². The third kappa shape index (κ3) is 1.18. The molecule has 0 saturated heterocycles. The predicted molar refractivity (Wildman–Crippen MR) is 70.7 cm³/mol. The topological polar surface area (TPSA) is 98.0 Å². The van der Waals surface area contributed by atoms with E-state index in [0.717, 1.165) is 0 Å². The molecule has 0 aliphatic heterocycles. The Kier molecular flexibility index (Phi) is 2.38. The summed E-state index contributed by atoms with van der Waals surface area (Å²) in [5, 5.41) is 42.5. The Bertz CT molecular complexity index is 536. The first-order valence-corrected chi connectivity index (χ1v) is 7.03. The molecule has 1 spiro atoms. The fourth-order valence-electron chi connectivity index (χ4n) is 4.27. The van der Waals surface area contributed by atoms with E-state index in [4.69, 9.17) is 0 Å². The van der Waals surface area contributed by atoms with Crippen molar-refractivity contribution >= 4 is 5.78 Å². The summed E-state index contributed by atoms with van der Waals surface area (Å²) in [5.41, 5.74) is -4.92. The number of aliphatic hydroxyl groups is 4. The first-order chi connectivity index (χ1) is 8.93. The average molecular weight is 282 g/mol. The van der Waals surface area contributed by atoms with Gasteiger partial charge >= 0.3 is 0 Å². The zero-order chi connectivity index (χ0) is 15.3. The number of aliphatic hydroxyl groups excluding tert-OH is 2. The molecule has 4 atom stereocenters. The van der Waals surface area contributed by atoms with Crippen LogP contribution in [0.25, 0.3) is 0 Å². The van der Waals surface area contributed by atoms with Crippen LogP contribution in [0.15, 0.2) is 11.1 Å². The van der Waals surface area contributed by atoms with Crippen LogP contribution in [0.1, 0.15) is 40.5 Å². The van der Waals surface area contributed by atoms with Crippen LogP contribution in [0.5, 0.6) is 0 Å². The van der Waals surface area contributed by atoms with Crippen LogP contribution in [0.4, 0.5) is 0 Å². The highest BCUT2D eigenvalue weighted by Crippen LogP contribution is 2.68. The summed E-state index contributed by atoms with van der Waals surface area (Å²) >= 11 is 0. The lowest BCUT2D eigenvalue weighted by Crippen LogP contribution is -2.61. The molecule has 5 heteroatoms. The minimum absolute atomic E-state index is 0.00461. The third-order valence-corrected chi connectivity index (χ3v) is 6.07. The third-order valence-electron chi connectivity index (χ3n) is 6.07. The molecule has 4 N–H and O–H groups in total. The standard InChI is InChI=1S/C15H22O5/c1-12(2)9(16)7-8(11(12)18)13(3,19)15(5-6-15)14(4,20)10(7)17/h9,11,16,18-20H,5-6H2,1-4H3/t9-,11+,13+,14+/m1/s1. The molecule has 0 heterocycles. The highest BCUT2D eigenvalue weighted by molar-refractivity contribution is 6.06. The average Bonchev–Trinajstić information content (AvgIpc) is 3.10. The Morgan fingerprint density at radius 2 is 1.45 bits per heavy atom. The van der Waals surface area contributed by atoms with E-state index < -0.39 is 40.0 Å². The molecule has 3 rings (SSSR count). The van der Waals surface area contributed by atoms with Crippen molar-refractivity contribution in [2.24, 2.45) is 10.8 Å². The van der Waals surface area contributed by atoms with Gasteiger partial charge in [-0.15, -0.1) is 0 Å². The molecule has 0 aromatic rings. The summed E-state index contributed by atoms with van der Waals surface area (Å²) in [7, 11) is 0. The maximum absolute atomic E-state index is 12.6. The van der Waals surface area contributed by atoms with Crippen molar-refractivity contribution in [2.75, 3.05) is 0 Å². The van der Waals surface area contributed by atoms with Crippen molar-refractivity contribution < 1.29 is 25.2 Å². The Morgan fingerprint density at radius 1 is 0.950 bits per heavy atom. The second kappa shape index (κ2) is 3.35. The maximum atomic E-state index is 12.6. The first-order valence-electron chi connectivity index (χ1n) is 7.03. The van der Waals surface area contributed by atoms with Gasteiger partial charge in [0.1, 0.15) is 5.60 Å². The predicted octanol–water partition coefficient (Wildman–Crippen LogP) is -0.0905. The largest absolute Gasteiger partial charge is 0.388 e. The summed E-state index contributed by atoms with van der Waals surface area (Å²) in [6, 6.07) is 0. The lowest BCUT2D eigenvalue weighted by Gasteiger charge is -2.48. The Balaban J connectivity index is 2.28. The van der Waals surface area contributed by atoms with E-state index >= 15 is 0 Å². The van der Waals surface area contributed by atoms with Gasteiger partial charge in [-0.3, -0.25) is 4.79 Å². The van der Waals surface area contributed by atoms with Gasteiger partial charge in [0.05, 0.1) is 17.8 Å². The molecule has 1 fully saturated rings. The van der Waals surface area contributed by atoms with Gasteiger partial charge in [-0.1, -0.05) is 13.8 Å². The molecule has 5 nitrogen and oxygen atoms in total. The van der Waals surface area contributed by atoms with Crippen LogP contribution in [0.3, 0.4) is 0 Å². The van der Waals surface area contributed by atoms with Gasteiger partial charge in [0.2, 0.25) is 0 Å². The van der Waals surface area contributed by atoms with E-state index in [1.165, 1.54) is 13.8 Å². The lowest BCUT2D eigenvalue weighted by atomic mass is 9.61. The summed E-state index contributed by atoms with van der Waals surface area (Å²) in [4.78, 5) is 12.6. The van der Waals surface area contributed by atoms with E-state index in [0.29, 0.717) is 12.8 Å². The molecule has 0 radical (unpaired) electrons. The summed E-state index contributed by atoms with van der Waals surface area (Å²) in [5.74, 6) is -0.561. The molecule has 3 aliphatic carbocycles. The first kappa shape index (κ1) is 14.2. The number of carbonyl (C=O) groups excluding carboxylic acids is 1. The normalized spacial score (nSPS) is 48.7. The van der Waals surface area contributed by atoms with Crippen LogP contribution >= 0.6 is 0 Å². The molecule has 3 aliphatic rings. The molecule has 0 unspecified atom stereocenters. The molecule has 0 amide bonds. The van der Waals surface area contributed by atoms with Crippen LogP contribution in [0, 0.1) is 10.8 Å². The Hall–Kier alpha value is -0.750. The molecule has 0 aromatic carbocycles. The van der Waals surface area contributed by atoms with Crippen LogP contribution in [0.2, 0.25) is 0 Å². The van der Waals surface area contributed by atoms with Crippen LogP contribution in [-0.2, 0) is 4.79 Å². The minimum atomic E-state index is -1.71. The number of hydrogen-bond acceptors (Lipinski definition) is 5. The van der Waals surface area contributed by atoms with Crippen LogP contribution in [-0.4, -0.2) is 49.6 Å². The van der Waals surface area contributed by atoms with Crippen molar-refractivity contribution in [1.29, 1.82) is 0 Å². The maximum Gasteiger partial charge on any atom is 0.193 e. The van der Waals surface area contributed by atoms with Crippen LogP contribution < -0.4 is 0 Å². The number of carbonyl (C=O) groups is 1. The van der Waals surface area contributed by atoms with E-state index in [9.17, 15) is 25.2 Å². The summed E-state index contributed by atoms with van der Waals surface area (Å²) < 4.78 is 0. The van der Waals surface area contributed by atoms with Crippen molar-refractivity contribution in [1.82, 2.24) is 0 Å². The second-order valence-electron chi connectivity index (χ2n) is 7.51. The van der Waals surface area contributed by atoms with Gasteiger partial charge in [0.15, 0.2) is 5.78 Å². The van der Waals surface area contributed by atoms with Gasteiger partial charge in [-0.05, 0) is 26.7 Å². The van der Waals surface area contributed by atoms with E-state index in [1.54, 1.807) is 13.8 Å². The number of Topliss-reactive ketones (excluding diaryl/α,β-unsaturated/α-hetero) is 1. The Morgan fingerprint density at radius 3 is 1.90 bits per heavy atom. The second-order valence-corrected chi connectivity index (χ2v) is 7.51. The molecule has 20 heavy (non-hydrogen) atoms. The van der Waals surface area contributed by atoms with Gasteiger partial charge in [0.25, 0.3) is 0 Å². The quantitative estimate of drug-likeness (QED) is 0.498. The van der Waals surface area contributed by atoms with Gasteiger partial charge in [-0.2, -0.15) is 0 Å². The zero-order valence-corrected chi connectivity index (χ0v) is 12.3. The van der Waals surface area contributed by atoms with Gasteiger partial charge < -0.3 is 20.4 Å². The monoisotopic (exact) mass is 282 g/mol. The molecule has 1 saturated carbocycles. The molecule has 112 valence electrons. The number of rotatable bonds is 0. The van der Waals surface area contributed by atoms with Crippen molar-refractivity contribution in [3.63, 3.8) is 0 Å². The molecule has 0 bridgehead atoms. The summed E-state index contributed by atoms with van der Waals surface area (Å²) in [6.45, 7) is 6.25. The highest BCUT2D eigenvalue weighted by atomic mass is 16.3. The molecular weight excluding hydrogens is 260 g/mol. The lowest BCUT2D eigenvalue weighted by molar-refractivity contribution is -0.160. The molecule has 0 aromatic heterocycles. The SMILES string of the molecule is CC1(C)[C@H](O)C2=C([C@@H]1O)[C@](C)(O)C1(CC1)[C@@](C)(O)C2=O. The van der Waals surface area contributed by atoms with E-state index in [-0.39, 0.29) is 11.1 Å². The van der Waals surface area contributed by atoms with Crippen molar-refractivity contribution in [3.05, 3.63) is 11.1 Å². The fraction of sp³-hybridized carbons (Fsp3) is 0.800. The van der Waals surface area contributed by atoms with E-state index in [1.807, 2.05) is 0 Å². The van der Waals surface area contributed by atoms with Gasteiger partial charge in [0, 0.05) is 22.0 Å². The number of ketones is 1. The minimum Gasteiger partial charge on any atom is -0.388 e. The fourth-order valence-corrected chi connectivity index (χ4v) is 4.27. The molecular formula is C15H22O5. The van der Waals surface area contributed by atoms with Gasteiger partial charge in [-0.25, -0.2) is 0 Å². The van der Waals surface area contributed by atoms with E-state index in [2.05, 4.69) is 0 Å². The smallest absolute Gasteiger partial charge is 0.193 e. The highest BCUT2D eigenvalue weighted by Gasteiger charge is 2.76. The number of hydrogen-bond donors (Lipinski definition) is 4. The van der Waals surface area contributed by atoms with Crippen molar-refractivity contribution in [2.45, 2.75) is 63.9 Å². The Labute approximate surface area is 117 Å². The summed E-state index contributed by atoms with van der Waals surface area (Å²) in [6.07, 6.45) is -1.23. The zero-order valence-electron chi connectivity index (χ0n) is 12.3.